The average Bonchev–Trinajstić information content (AvgIpc) is 3.37. The van der Waals surface area contributed by atoms with Gasteiger partial charge < -0.3 is 29.3 Å². The lowest BCUT2D eigenvalue weighted by Crippen LogP contribution is -2.66. The number of fused-ring (bicyclic) bond motifs is 3. The van der Waals surface area contributed by atoms with Gasteiger partial charge in [-0.3, -0.25) is 14.5 Å². The van der Waals surface area contributed by atoms with Crippen LogP contribution in [-0.2, 0) is 18.7 Å². The number of carbonyl (C=O) groups excluding carboxylic acids is 2. The van der Waals surface area contributed by atoms with E-state index in [-0.39, 0.29) is 40.9 Å². The van der Waals surface area contributed by atoms with Gasteiger partial charge in [-0.2, -0.15) is 0 Å². The second-order valence-electron chi connectivity index (χ2n) is 14.7. The van der Waals surface area contributed by atoms with Gasteiger partial charge in [0.05, 0.1) is 30.2 Å². The number of phenols is 1. The van der Waals surface area contributed by atoms with Crippen LogP contribution in [-0.4, -0.2) is 61.2 Å². The number of aromatic hydroxyl groups is 1. The normalized spacial score (nSPS) is 22.2. The highest BCUT2D eigenvalue weighted by atomic mass is 28.4. The summed E-state index contributed by atoms with van der Waals surface area (Å²) in [6.07, 6.45) is -0.0807. The molecule has 0 radical (unpaired) electrons. The third kappa shape index (κ3) is 6.20. The van der Waals surface area contributed by atoms with Gasteiger partial charge in [0.2, 0.25) is 11.8 Å². The predicted octanol–water partition coefficient (Wildman–Crippen LogP) is 3.25. The van der Waals surface area contributed by atoms with Crippen molar-refractivity contribution in [1.82, 2.24) is 0 Å². The number of phenolic OH excluding ortho intramolecular Hbond substituents is 1. The van der Waals surface area contributed by atoms with Crippen molar-refractivity contribution in [3.05, 3.63) is 126 Å². The molecule has 1 aliphatic carbocycles. The van der Waals surface area contributed by atoms with Crippen LogP contribution in [0.25, 0.3) is 0 Å². The van der Waals surface area contributed by atoms with Crippen molar-refractivity contribution >= 4 is 55.9 Å². The number of rotatable bonds is 8. The first-order valence-electron chi connectivity index (χ1n) is 17.3. The van der Waals surface area contributed by atoms with Gasteiger partial charge >= 0.3 is 14.2 Å². The molecule has 9 nitrogen and oxygen atoms in total. The highest BCUT2D eigenvalue weighted by Crippen LogP contribution is 2.52. The van der Waals surface area contributed by atoms with E-state index in [4.69, 9.17) is 9.08 Å². The number of nitrogens with zero attached hydrogens (tertiary/aromatic N) is 1. The number of hydrogen-bond donors (Lipinski definition) is 4. The van der Waals surface area contributed by atoms with Crippen LogP contribution in [0.4, 0.5) is 5.69 Å². The molecule has 2 saturated heterocycles. The van der Waals surface area contributed by atoms with Crippen molar-refractivity contribution in [1.29, 1.82) is 0 Å². The molecule has 0 aromatic heterocycles. The summed E-state index contributed by atoms with van der Waals surface area (Å²) in [5.41, 5.74) is 2.48. The summed E-state index contributed by atoms with van der Waals surface area (Å²) >= 11 is 0. The van der Waals surface area contributed by atoms with Crippen molar-refractivity contribution in [2.24, 2.45) is 17.8 Å². The van der Waals surface area contributed by atoms with Gasteiger partial charge in [0.1, 0.15) is 5.75 Å². The van der Waals surface area contributed by atoms with E-state index in [2.05, 4.69) is 45.0 Å². The van der Waals surface area contributed by atoms with Gasteiger partial charge in [0.15, 0.2) is 0 Å². The van der Waals surface area contributed by atoms with Crippen molar-refractivity contribution < 1.29 is 38.8 Å². The molecule has 2 aliphatic heterocycles. The standard InChI is InChI=1S/C39H41B2NO8Si/c1-39(2,3)51(30-13-6-4-7-14-30,31-15-8-5-9-16-31)49-24-26-21-33-35(38(45)42(37(33)44)28-12-10-11-27(22-28)40(46)47)32-23-34(50-41(48)36(26)32)25-17-19-29(43)20-18-25/h4-20,22,32-35,43,46-48H,21,23-24H2,1-3H3/t32-,33-,34-,35+/m0/s1. The number of imide groups is 1. The van der Waals surface area contributed by atoms with E-state index in [0.717, 1.165) is 26.4 Å². The number of anilines is 1. The van der Waals surface area contributed by atoms with E-state index in [9.17, 15) is 29.8 Å². The molecule has 0 unspecified atom stereocenters. The van der Waals surface area contributed by atoms with Crippen molar-refractivity contribution in [2.45, 2.75) is 44.8 Å². The largest absolute Gasteiger partial charge is 0.508 e. The lowest BCUT2D eigenvalue weighted by molar-refractivity contribution is -0.123. The van der Waals surface area contributed by atoms with Crippen molar-refractivity contribution in [2.75, 3.05) is 11.5 Å². The van der Waals surface area contributed by atoms with E-state index in [1.165, 1.54) is 12.1 Å². The predicted molar refractivity (Wildman–Crippen MR) is 199 cm³/mol. The fourth-order valence-corrected chi connectivity index (χ4v) is 13.0. The Morgan fingerprint density at radius 2 is 1.49 bits per heavy atom. The van der Waals surface area contributed by atoms with Gasteiger partial charge in [-0.25, -0.2) is 0 Å². The average molecular weight is 701 g/mol. The Kier molecular flexibility index (Phi) is 9.42. The van der Waals surface area contributed by atoms with Crippen molar-refractivity contribution in [3.8, 4) is 5.75 Å². The Hall–Kier alpha value is -4.29. The zero-order chi connectivity index (χ0) is 36.1. The second-order valence-corrected chi connectivity index (χ2v) is 19.0. The van der Waals surface area contributed by atoms with E-state index in [1.54, 1.807) is 36.4 Å². The number of hydrogen-bond acceptors (Lipinski definition) is 8. The van der Waals surface area contributed by atoms with Crippen LogP contribution >= 0.6 is 0 Å². The van der Waals surface area contributed by atoms with Crippen LogP contribution in [0.1, 0.15) is 45.3 Å². The molecule has 4 aromatic carbocycles. The molecule has 4 atom stereocenters. The molecule has 2 heterocycles. The lowest BCUT2D eigenvalue weighted by atomic mass is 9.55. The molecular formula is C39H41B2NO8Si. The molecule has 0 spiro atoms. The summed E-state index contributed by atoms with van der Waals surface area (Å²) in [6.45, 7) is 6.68. The minimum Gasteiger partial charge on any atom is -0.508 e. The van der Waals surface area contributed by atoms with Gasteiger partial charge in [-0.05, 0) is 80.5 Å². The summed E-state index contributed by atoms with van der Waals surface area (Å²) in [4.78, 5) is 29.9. The van der Waals surface area contributed by atoms with Crippen LogP contribution in [0.15, 0.2) is 120 Å². The second kappa shape index (κ2) is 13.7. The van der Waals surface area contributed by atoms with E-state index < -0.39 is 52.3 Å². The number of carbonyl (C=O) groups is 2. The molecule has 260 valence electrons. The van der Waals surface area contributed by atoms with Crippen LogP contribution in [0.2, 0.25) is 5.04 Å². The Balaban J connectivity index is 1.32. The summed E-state index contributed by atoms with van der Waals surface area (Å²) in [5.74, 6) is -2.72. The quantitative estimate of drug-likeness (QED) is 0.163. The minimum absolute atomic E-state index is 0.0959. The third-order valence-corrected chi connectivity index (χ3v) is 15.8. The summed E-state index contributed by atoms with van der Waals surface area (Å²) in [6, 6.07) is 33.2. The maximum absolute atomic E-state index is 14.4. The van der Waals surface area contributed by atoms with E-state index in [0.29, 0.717) is 11.9 Å². The first-order chi connectivity index (χ1) is 24.4. The van der Waals surface area contributed by atoms with Gasteiger partial charge in [-0.1, -0.05) is 106 Å². The fourth-order valence-electron chi connectivity index (χ4n) is 8.48. The minimum atomic E-state index is -3.02. The Morgan fingerprint density at radius 3 is 2.08 bits per heavy atom. The number of allylic oxidation sites excluding steroid dienone is 1. The van der Waals surface area contributed by atoms with Crippen LogP contribution in [0, 0.1) is 17.8 Å². The third-order valence-electron chi connectivity index (χ3n) is 10.8. The van der Waals surface area contributed by atoms with Gasteiger partial charge in [-0.15, -0.1) is 0 Å². The Bertz CT molecular complexity index is 1910. The molecule has 4 N–H and O–H groups in total. The molecule has 2 amide bonds. The topological polar surface area (TPSA) is 137 Å². The van der Waals surface area contributed by atoms with Crippen molar-refractivity contribution in [3.63, 3.8) is 0 Å². The van der Waals surface area contributed by atoms with Crippen LogP contribution < -0.4 is 20.7 Å². The first-order valence-corrected chi connectivity index (χ1v) is 19.2. The Morgan fingerprint density at radius 1 is 0.863 bits per heavy atom. The van der Waals surface area contributed by atoms with Gasteiger partial charge in [0.25, 0.3) is 8.32 Å². The molecule has 51 heavy (non-hydrogen) atoms. The van der Waals surface area contributed by atoms with Crippen LogP contribution in [0.5, 0.6) is 5.75 Å². The summed E-state index contributed by atoms with van der Waals surface area (Å²) in [5, 5.41) is 43.3. The summed E-state index contributed by atoms with van der Waals surface area (Å²) < 4.78 is 13.6. The van der Waals surface area contributed by atoms with E-state index in [1.807, 2.05) is 36.4 Å². The van der Waals surface area contributed by atoms with Crippen LogP contribution in [0.3, 0.4) is 0 Å². The SMILES string of the molecule is CC(C)(C)[Si](OCC1=C2B(O)O[C@H](c3ccc(O)cc3)C[C@H]2[C@H]2C(=O)N(c3cccc(B(O)O)c3)C(=O)[C@H]2C1)(c1ccccc1)c1ccccc1. The monoisotopic (exact) mass is 701 g/mol. The maximum Gasteiger partial charge on any atom is 0.488 e. The zero-order valence-corrected chi connectivity index (χ0v) is 29.8. The molecule has 7 rings (SSSR count). The van der Waals surface area contributed by atoms with Gasteiger partial charge in [0, 0.05) is 0 Å². The highest BCUT2D eigenvalue weighted by molar-refractivity contribution is 6.99. The Labute approximate surface area is 299 Å². The lowest BCUT2D eigenvalue weighted by Gasteiger charge is -2.45. The fraction of sp³-hybridized carbons (Fsp3) is 0.282. The number of amides is 2. The first kappa shape index (κ1) is 35.1. The molecule has 2 fully saturated rings. The molecule has 4 aromatic rings. The smallest absolute Gasteiger partial charge is 0.488 e. The zero-order valence-electron chi connectivity index (χ0n) is 28.8. The molecular weight excluding hydrogens is 660 g/mol. The molecule has 3 aliphatic rings. The molecule has 0 saturated carbocycles. The molecule has 12 heteroatoms. The maximum atomic E-state index is 14.4. The summed E-state index contributed by atoms with van der Waals surface area (Å²) in [7, 11) is -6.14. The van der Waals surface area contributed by atoms with E-state index >= 15 is 0 Å². The highest BCUT2D eigenvalue weighted by Gasteiger charge is 2.59. The number of benzene rings is 4. The molecule has 0 bridgehead atoms.